The molecule has 1 aliphatic rings. The summed E-state index contributed by atoms with van der Waals surface area (Å²) in [6, 6.07) is 8.18. The fraction of sp³-hybridized carbons (Fsp3) is 0.500. The van der Waals surface area contributed by atoms with Crippen LogP contribution in [0, 0.1) is 5.92 Å². The maximum absolute atomic E-state index is 12.6. The zero-order valence-electron chi connectivity index (χ0n) is 14.3. The fourth-order valence-electron chi connectivity index (χ4n) is 3.41. The largest absolute Gasteiger partial charge is 0.496 e. The number of benzene rings is 1. The van der Waals surface area contributed by atoms with Crippen LogP contribution in [-0.4, -0.2) is 45.8 Å². The highest BCUT2D eigenvalue weighted by Gasteiger charge is 2.28. The molecule has 1 atom stereocenters. The molecule has 2 aromatic rings. The van der Waals surface area contributed by atoms with Crippen molar-refractivity contribution in [2.45, 2.75) is 32.2 Å². The highest BCUT2D eigenvalue weighted by molar-refractivity contribution is 5.78. The molecule has 1 aromatic heterocycles. The van der Waals surface area contributed by atoms with Crippen molar-refractivity contribution in [2.24, 2.45) is 5.92 Å². The van der Waals surface area contributed by atoms with Crippen LogP contribution in [0.25, 0.3) is 0 Å². The molecular formula is C18H24N4O2. The number of carbonyl (C=O) groups excluding carboxylic acids is 1. The van der Waals surface area contributed by atoms with Gasteiger partial charge in [-0.15, -0.1) is 0 Å². The summed E-state index contributed by atoms with van der Waals surface area (Å²) in [4.78, 5) is 18.5. The number of nitrogens with zero attached hydrogens (tertiary/aromatic N) is 4. The monoisotopic (exact) mass is 328 g/mol. The van der Waals surface area contributed by atoms with E-state index in [-0.39, 0.29) is 11.8 Å². The summed E-state index contributed by atoms with van der Waals surface area (Å²) in [5, 5.41) is 4.08. The van der Waals surface area contributed by atoms with Crippen LogP contribution in [0.3, 0.4) is 0 Å². The Morgan fingerprint density at radius 2 is 2.08 bits per heavy atom. The Labute approximate surface area is 142 Å². The van der Waals surface area contributed by atoms with E-state index < -0.39 is 0 Å². The van der Waals surface area contributed by atoms with Crippen molar-refractivity contribution in [3.05, 3.63) is 42.5 Å². The van der Waals surface area contributed by atoms with E-state index in [9.17, 15) is 4.79 Å². The minimum Gasteiger partial charge on any atom is -0.496 e. The molecule has 1 amide bonds. The Morgan fingerprint density at radius 3 is 2.75 bits per heavy atom. The maximum atomic E-state index is 12.6. The van der Waals surface area contributed by atoms with Gasteiger partial charge in [0.15, 0.2) is 0 Å². The van der Waals surface area contributed by atoms with Gasteiger partial charge < -0.3 is 9.64 Å². The first-order valence-corrected chi connectivity index (χ1v) is 8.43. The number of rotatable bonds is 5. The van der Waals surface area contributed by atoms with Crippen molar-refractivity contribution in [1.29, 1.82) is 0 Å². The SMILES string of the molecule is COc1ccccc1C1CCN(C(=O)[C@H](C)Cn2cncn2)CC1. The molecule has 6 heteroatoms. The van der Waals surface area contributed by atoms with Crippen LogP contribution < -0.4 is 4.74 Å². The van der Waals surface area contributed by atoms with E-state index in [4.69, 9.17) is 4.74 Å². The highest BCUT2D eigenvalue weighted by atomic mass is 16.5. The van der Waals surface area contributed by atoms with Gasteiger partial charge in [0.05, 0.1) is 19.6 Å². The lowest BCUT2D eigenvalue weighted by atomic mass is 9.88. The predicted molar refractivity (Wildman–Crippen MR) is 90.7 cm³/mol. The lowest BCUT2D eigenvalue weighted by molar-refractivity contribution is -0.136. The molecule has 3 rings (SSSR count). The predicted octanol–water partition coefficient (Wildman–Crippen LogP) is 2.33. The Kier molecular flexibility index (Phi) is 5.13. The molecule has 128 valence electrons. The smallest absolute Gasteiger partial charge is 0.227 e. The number of aromatic nitrogens is 3. The first-order chi connectivity index (χ1) is 11.7. The minimum absolute atomic E-state index is 0.0884. The number of methoxy groups -OCH3 is 1. The number of para-hydroxylation sites is 1. The van der Waals surface area contributed by atoms with Crippen LogP contribution >= 0.6 is 0 Å². The Morgan fingerprint density at radius 1 is 1.33 bits per heavy atom. The minimum atomic E-state index is -0.0884. The third-order valence-corrected chi connectivity index (χ3v) is 4.73. The van der Waals surface area contributed by atoms with Crippen molar-refractivity contribution in [3.63, 3.8) is 0 Å². The van der Waals surface area contributed by atoms with Gasteiger partial charge in [0.2, 0.25) is 5.91 Å². The van der Waals surface area contributed by atoms with Gasteiger partial charge in [-0.05, 0) is 30.4 Å². The summed E-state index contributed by atoms with van der Waals surface area (Å²) in [5.74, 6) is 1.51. The van der Waals surface area contributed by atoms with Crippen LogP contribution in [-0.2, 0) is 11.3 Å². The number of amides is 1. The second kappa shape index (κ2) is 7.47. The van der Waals surface area contributed by atoms with Gasteiger partial charge in [0.25, 0.3) is 0 Å². The van der Waals surface area contributed by atoms with Gasteiger partial charge in [-0.1, -0.05) is 25.1 Å². The summed E-state index contributed by atoms with van der Waals surface area (Å²) in [6.45, 7) is 4.12. The molecule has 2 heterocycles. The molecule has 6 nitrogen and oxygen atoms in total. The number of hydrogen-bond acceptors (Lipinski definition) is 4. The molecule has 1 aliphatic heterocycles. The summed E-state index contributed by atoms with van der Waals surface area (Å²) in [7, 11) is 1.71. The molecular weight excluding hydrogens is 304 g/mol. The molecule has 0 bridgehead atoms. The van der Waals surface area contributed by atoms with E-state index in [0.29, 0.717) is 12.5 Å². The standard InChI is InChI=1S/C18H24N4O2/c1-14(11-22-13-19-12-20-22)18(23)21-9-7-15(8-10-21)16-5-3-4-6-17(16)24-2/h3-6,12-15H,7-11H2,1-2H3/t14-/m1/s1. The number of ether oxygens (including phenoxy) is 1. The molecule has 0 saturated carbocycles. The molecule has 1 aromatic carbocycles. The number of likely N-dealkylation sites (tertiary alicyclic amines) is 1. The van der Waals surface area contributed by atoms with Crippen LogP contribution in [0.5, 0.6) is 5.75 Å². The van der Waals surface area contributed by atoms with Gasteiger partial charge in [0.1, 0.15) is 18.4 Å². The lowest BCUT2D eigenvalue weighted by Crippen LogP contribution is -2.41. The van der Waals surface area contributed by atoms with Crippen molar-refractivity contribution < 1.29 is 9.53 Å². The van der Waals surface area contributed by atoms with Gasteiger partial charge in [0, 0.05) is 13.1 Å². The van der Waals surface area contributed by atoms with E-state index in [0.717, 1.165) is 31.7 Å². The first-order valence-electron chi connectivity index (χ1n) is 8.43. The molecule has 0 N–H and O–H groups in total. The van der Waals surface area contributed by atoms with E-state index in [1.165, 1.54) is 11.9 Å². The van der Waals surface area contributed by atoms with Crippen LogP contribution in [0.2, 0.25) is 0 Å². The van der Waals surface area contributed by atoms with Crippen molar-refractivity contribution in [1.82, 2.24) is 19.7 Å². The van der Waals surface area contributed by atoms with Gasteiger partial charge >= 0.3 is 0 Å². The number of carbonyl (C=O) groups is 1. The summed E-state index contributed by atoms with van der Waals surface area (Å²) < 4.78 is 7.19. The average molecular weight is 328 g/mol. The van der Waals surface area contributed by atoms with Gasteiger partial charge in [-0.25, -0.2) is 4.98 Å². The van der Waals surface area contributed by atoms with Gasteiger partial charge in [-0.2, -0.15) is 5.10 Å². The van der Waals surface area contributed by atoms with Crippen molar-refractivity contribution in [3.8, 4) is 5.75 Å². The second-order valence-electron chi connectivity index (χ2n) is 6.36. The highest BCUT2D eigenvalue weighted by Crippen LogP contribution is 2.34. The van der Waals surface area contributed by atoms with E-state index in [2.05, 4.69) is 22.2 Å². The third kappa shape index (κ3) is 3.58. The molecule has 1 fully saturated rings. The maximum Gasteiger partial charge on any atom is 0.227 e. The Balaban J connectivity index is 1.57. The van der Waals surface area contributed by atoms with E-state index >= 15 is 0 Å². The molecule has 0 aliphatic carbocycles. The molecule has 24 heavy (non-hydrogen) atoms. The van der Waals surface area contributed by atoms with Crippen LogP contribution in [0.15, 0.2) is 36.9 Å². The lowest BCUT2D eigenvalue weighted by Gasteiger charge is -2.34. The molecule has 0 unspecified atom stereocenters. The summed E-state index contributed by atoms with van der Waals surface area (Å²) in [6.07, 6.45) is 5.10. The molecule has 1 saturated heterocycles. The Hall–Kier alpha value is -2.37. The summed E-state index contributed by atoms with van der Waals surface area (Å²) >= 11 is 0. The number of hydrogen-bond donors (Lipinski definition) is 0. The van der Waals surface area contributed by atoms with Crippen molar-refractivity contribution in [2.75, 3.05) is 20.2 Å². The molecule has 0 spiro atoms. The fourth-order valence-corrected chi connectivity index (χ4v) is 3.41. The second-order valence-corrected chi connectivity index (χ2v) is 6.36. The Bertz CT molecular complexity index is 663. The third-order valence-electron chi connectivity index (χ3n) is 4.73. The van der Waals surface area contributed by atoms with Gasteiger partial charge in [-0.3, -0.25) is 9.48 Å². The average Bonchev–Trinajstić information content (AvgIpc) is 3.14. The number of piperidine rings is 1. The zero-order chi connectivity index (χ0) is 16.9. The van der Waals surface area contributed by atoms with Crippen molar-refractivity contribution >= 4 is 5.91 Å². The quantitative estimate of drug-likeness (QED) is 0.845. The topological polar surface area (TPSA) is 60.2 Å². The summed E-state index contributed by atoms with van der Waals surface area (Å²) in [5.41, 5.74) is 1.25. The van der Waals surface area contributed by atoms with Crippen LogP contribution in [0.1, 0.15) is 31.2 Å². The van der Waals surface area contributed by atoms with E-state index in [1.807, 2.05) is 24.0 Å². The first kappa shape index (κ1) is 16.5. The van der Waals surface area contributed by atoms with E-state index in [1.54, 1.807) is 18.1 Å². The zero-order valence-corrected chi connectivity index (χ0v) is 14.3. The normalized spacial score (nSPS) is 16.8. The van der Waals surface area contributed by atoms with Crippen LogP contribution in [0.4, 0.5) is 0 Å². The molecule has 0 radical (unpaired) electrons.